The highest BCUT2D eigenvalue weighted by Gasteiger charge is 2.22. The van der Waals surface area contributed by atoms with E-state index in [0.717, 1.165) is 19.4 Å². The van der Waals surface area contributed by atoms with E-state index in [-0.39, 0.29) is 17.5 Å². The molecule has 4 nitrogen and oxygen atoms in total. The Bertz CT molecular complexity index is 180. The molecule has 0 bridgehead atoms. The van der Waals surface area contributed by atoms with Crippen molar-refractivity contribution < 1.29 is 4.79 Å². The summed E-state index contributed by atoms with van der Waals surface area (Å²) >= 11 is 0. The summed E-state index contributed by atoms with van der Waals surface area (Å²) in [5, 5.41) is 5.98. The Balaban J connectivity index is 2.25. The van der Waals surface area contributed by atoms with Crippen LogP contribution in [-0.2, 0) is 4.79 Å². The second kappa shape index (κ2) is 4.07. The molecule has 1 fully saturated rings. The van der Waals surface area contributed by atoms with Crippen LogP contribution in [0.3, 0.4) is 0 Å². The van der Waals surface area contributed by atoms with Crippen LogP contribution in [0.2, 0.25) is 0 Å². The second-order valence-electron chi connectivity index (χ2n) is 4.36. The van der Waals surface area contributed by atoms with Crippen LogP contribution in [0.25, 0.3) is 0 Å². The molecular weight excluding hydrogens is 166 g/mol. The Hall–Kier alpha value is -0.610. The highest BCUT2D eigenvalue weighted by molar-refractivity contribution is 5.82. The SMILES string of the molecule is CC(C)(N)CNC(=O)[C@H]1CCCN1. The van der Waals surface area contributed by atoms with Crippen LogP contribution in [0.15, 0.2) is 0 Å². The van der Waals surface area contributed by atoms with E-state index in [9.17, 15) is 4.79 Å². The molecule has 4 N–H and O–H groups in total. The predicted molar refractivity (Wildman–Crippen MR) is 52.3 cm³/mol. The minimum absolute atomic E-state index is 0.00218. The Morgan fingerprint density at radius 3 is 2.85 bits per heavy atom. The molecule has 0 radical (unpaired) electrons. The van der Waals surface area contributed by atoms with Gasteiger partial charge >= 0.3 is 0 Å². The number of hydrogen-bond donors (Lipinski definition) is 3. The zero-order valence-corrected chi connectivity index (χ0v) is 8.39. The van der Waals surface area contributed by atoms with E-state index in [1.54, 1.807) is 0 Å². The van der Waals surface area contributed by atoms with Crippen LogP contribution < -0.4 is 16.4 Å². The molecule has 0 aromatic heterocycles. The smallest absolute Gasteiger partial charge is 0.237 e. The van der Waals surface area contributed by atoms with E-state index in [0.29, 0.717) is 6.54 Å². The molecular formula is C9H19N3O. The predicted octanol–water partition coefficient (Wildman–Crippen LogP) is -0.408. The van der Waals surface area contributed by atoms with Crippen molar-refractivity contribution in [1.29, 1.82) is 0 Å². The van der Waals surface area contributed by atoms with E-state index < -0.39 is 0 Å². The Morgan fingerprint density at radius 2 is 2.38 bits per heavy atom. The minimum Gasteiger partial charge on any atom is -0.353 e. The second-order valence-corrected chi connectivity index (χ2v) is 4.36. The van der Waals surface area contributed by atoms with Gasteiger partial charge in [0, 0.05) is 12.1 Å². The van der Waals surface area contributed by atoms with Gasteiger partial charge in [0.15, 0.2) is 0 Å². The molecule has 1 saturated heterocycles. The normalized spacial score (nSPS) is 23.2. The van der Waals surface area contributed by atoms with E-state index in [2.05, 4.69) is 10.6 Å². The lowest BCUT2D eigenvalue weighted by molar-refractivity contribution is -0.123. The maximum absolute atomic E-state index is 11.5. The number of rotatable bonds is 3. The van der Waals surface area contributed by atoms with Gasteiger partial charge in [-0.05, 0) is 33.2 Å². The van der Waals surface area contributed by atoms with Crippen LogP contribution in [0.1, 0.15) is 26.7 Å². The molecule has 0 saturated carbocycles. The van der Waals surface area contributed by atoms with Crippen LogP contribution in [-0.4, -0.2) is 30.6 Å². The first kappa shape index (κ1) is 10.5. The van der Waals surface area contributed by atoms with Gasteiger partial charge in [0.2, 0.25) is 5.91 Å². The third-order valence-corrected chi connectivity index (χ3v) is 2.10. The fourth-order valence-corrected chi connectivity index (χ4v) is 1.35. The van der Waals surface area contributed by atoms with Gasteiger partial charge in [0.1, 0.15) is 0 Å². The van der Waals surface area contributed by atoms with Gasteiger partial charge in [0.05, 0.1) is 6.04 Å². The molecule has 0 aromatic carbocycles. The number of nitrogens with two attached hydrogens (primary N) is 1. The lowest BCUT2D eigenvalue weighted by Crippen LogP contribution is -2.49. The third-order valence-electron chi connectivity index (χ3n) is 2.10. The Kier molecular flexibility index (Phi) is 3.27. The highest BCUT2D eigenvalue weighted by Crippen LogP contribution is 2.04. The Morgan fingerprint density at radius 1 is 1.69 bits per heavy atom. The molecule has 4 heteroatoms. The summed E-state index contributed by atoms with van der Waals surface area (Å²) in [7, 11) is 0. The highest BCUT2D eigenvalue weighted by atomic mass is 16.2. The summed E-state index contributed by atoms with van der Waals surface area (Å²) < 4.78 is 0. The molecule has 0 unspecified atom stereocenters. The molecule has 13 heavy (non-hydrogen) atoms. The average Bonchev–Trinajstić information content (AvgIpc) is 2.50. The van der Waals surface area contributed by atoms with E-state index in [1.165, 1.54) is 0 Å². The summed E-state index contributed by atoms with van der Waals surface area (Å²) in [6.45, 7) is 5.28. The van der Waals surface area contributed by atoms with Crippen LogP contribution in [0.4, 0.5) is 0 Å². The van der Waals surface area contributed by atoms with Crippen molar-refractivity contribution in [3.63, 3.8) is 0 Å². The third kappa shape index (κ3) is 3.74. The number of amides is 1. The van der Waals surface area contributed by atoms with Crippen molar-refractivity contribution in [3.8, 4) is 0 Å². The number of carbonyl (C=O) groups excluding carboxylic acids is 1. The van der Waals surface area contributed by atoms with Gasteiger partial charge in [-0.15, -0.1) is 0 Å². The van der Waals surface area contributed by atoms with Crippen LogP contribution in [0, 0.1) is 0 Å². The molecule has 0 aromatic rings. The molecule has 1 aliphatic rings. The van der Waals surface area contributed by atoms with Gasteiger partial charge in [-0.25, -0.2) is 0 Å². The zero-order chi connectivity index (χ0) is 9.90. The van der Waals surface area contributed by atoms with Gasteiger partial charge in [0.25, 0.3) is 0 Å². The van der Waals surface area contributed by atoms with Gasteiger partial charge in [-0.1, -0.05) is 0 Å². The first-order chi connectivity index (χ1) is 5.99. The first-order valence-corrected chi connectivity index (χ1v) is 4.79. The first-order valence-electron chi connectivity index (χ1n) is 4.79. The fourth-order valence-electron chi connectivity index (χ4n) is 1.35. The monoisotopic (exact) mass is 185 g/mol. The van der Waals surface area contributed by atoms with Gasteiger partial charge in [-0.2, -0.15) is 0 Å². The summed E-state index contributed by atoms with van der Waals surface area (Å²) in [6, 6.07) is 0.00218. The quantitative estimate of drug-likeness (QED) is 0.560. The van der Waals surface area contributed by atoms with Crippen molar-refractivity contribution in [3.05, 3.63) is 0 Å². The molecule has 1 heterocycles. The molecule has 0 aliphatic carbocycles. The lowest BCUT2D eigenvalue weighted by atomic mass is 10.1. The molecule has 1 aliphatic heterocycles. The molecule has 1 rings (SSSR count). The number of nitrogens with one attached hydrogen (secondary N) is 2. The van der Waals surface area contributed by atoms with E-state index in [1.807, 2.05) is 13.8 Å². The molecule has 76 valence electrons. The molecule has 1 amide bonds. The van der Waals surface area contributed by atoms with E-state index in [4.69, 9.17) is 5.73 Å². The van der Waals surface area contributed by atoms with Crippen LogP contribution >= 0.6 is 0 Å². The average molecular weight is 185 g/mol. The summed E-state index contributed by atoms with van der Waals surface area (Å²) in [5.41, 5.74) is 5.42. The maximum atomic E-state index is 11.5. The number of carbonyl (C=O) groups is 1. The summed E-state index contributed by atoms with van der Waals surface area (Å²) in [4.78, 5) is 11.5. The largest absolute Gasteiger partial charge is 0.353 e. The van der Waals surface area contributed by atoms with Gasteiger partial charge < -0.3 is 16.4 Å². The van der Waals surface area contributed by atoms with Crippen molar-refractivity contribution in [1.82, 2.24) is 10.6 Å². The fraction of sp³-hybridized carbons (Fsp3) is 0.889. The summed E-state index contributed by atoms with van der Waals surface area (Å²) in [6.07, 6.45) is 2.03. The molecule has 1 atom stereocenters. The maximum Gasteiger partial charge on any atom is 0.237 e. The Labute approximate surface area is 79.3 Å². The number of hydrogen-bond acceptors (Lipinski definition) is 3. The van der Waals surface area contributed by atoms with Crippen molar-refractivity contribution in [2.75, 3.05) is 13.1 Å². The standard InChI is InChI=1S/C9H19N3O/c1-9(2,10)6-12-8(13)7-4-3-5-11-7/h7,11H,3-6,10H2,1-2H3,(H,12,13)/t7-/m1/s1. The van der Waals surface area contributed by atoms with E-state index >= 15 is 0 Å². The van der Waals surface area contributed by atoms with Crippen molar-refractivity contribution in [2.45, 2.75) is 38.3 Å². The van der Waals surface area contributed by atoms with Gasteiger partial charge in [-0.3, -0.25) is 4.79 Å². The lowest BCUT2D eigenvalue weighted by Gasteiger charge is -2.20. The van der Waals surface area contributed by atoms with Crippen LogP contribution in [0.5, 0.6) is 0 Å². The van der Waals surface area contributed by atoms with Crippen molar-refractivity contribution in [2.24, 2.45) is 5.73 Å². The molecule has 0 spiro atoms. The zero-order valence-electron chi connectivity index (χ0n) is 8.39. The topological polar surface area (TPSA) is 67.1 Å². The minimum atomic E-state index is -0.325. The van der Waals surface area contributed by atoms with Crippen molar-refractivity contribution >= 4 is 5.91 Å². The summed E-state index contributed by atoms with van der Waals surface area (Å²) in [5.74, 6) is 0.0797.